The van der Waals surface area contributed by atoms with Crippen molar-refractivity contribution in [1.29, 1.82) is 0 Å². The molecule has 0 saturated carbocycles. The van der Waals surface area contributed by atoms with Crippen molar-refractivity contribution in [2.45, 2.75) is 32.4 Å². The van der Waals surface area contributed by atoms with E-state index in [9.17, 15) is 9.59 Å². The van der Waals surface area contributed by atoms with Gasteiger partial charge in [0.25, 0.3) is 0 Å². The third-order valence-electron chi connectivity index (χ3n) is 5.54. The van der Waals surface area contributed by atoms with E-state index < -0.39 is 0 Å². The van der Waals surface area contributed by atoms with Gasteiger partial charge >= 0.3 is 12.1 Å². The molecule has 3 rings (SSSR count). The number of rotatable bonds is 4. The Kier molecular flexibility index (Phi) is 7.14. The molecule has 2 heterocycles. The fourth-order valence-corrected chi connectivity index (χ4v) is 3.81. The zero-order chi connectivity index (χ0) is 19.9. The molecule has 4 amide bonds. The number of nitrogens with one attached hydrogen (secondary N) is 1. The largest absolute Gasteiger partial charge is 0.334 e. The second-order valence-corrected chi connectivity index (χ2v) is 7.96. The summed E-state index contributed by atoms with van der Waals surface area (Å²) in [5.41, 5.74) is 2.44. The summed E-state index contributed by atoms with van der Waals surface area (Å²) in [7, 11) is 3.50. The van der Waals surface area contributed by atoms with Gasteiger partial charge in [-0.05, 0) is 37.1 Å². The summed E-state index contributed by atoms with van der Waals surface area (Å²) in [6.07, 6.45) is 3.97. The molecule has 0 atom stereocenters. The predicted molar refractivity (Wildman–Crippen MR) is 110 cm³/mol. The first-order valence-electron chi connectivity index (χ1n) is 10.3. The fraction of sp³-hybridized carbons (Fsp3) is 0.619. The number of hydrogen-bond donors (Lipinski definition) is 1. The third-order valence-corrected chi connectivity index (χ3v) is 5.54. The molecule has 1 aromatic carbocycles. The molecule has 0 aliphatic carbocycles. The molecule has 28 heavy (non-hydrogen) atoms. The van der Waals surface area contributed by atoms with Crippen LogP contribution in [0.3, 0.4) is 0 Å². The molecule has 1 aromatic rings. The zero-order valence-corrected chi connectivity index (χ0v) is 17.2. The van der Waals surface area contributed by atoms with E-state index in [0.29, 0.717) is 32.7 Å². The second kappa shape index (κ2) is 9.78. The Bertz CT molecular complexity index is 647. The van der Waals surface area contributed by atoms with E-state index in [4.69, 9.17) is 0 Å². The fourth-order valence-electron chi connectivity index (χ4n) is 3.81. The Morgan fingerprint density at radius 1 is 0.857 bits per heavy atom. The molecule has 7 heteroatoms. The van der Waals surface area contributed by atoms with Gasteiger partial charge in [0.2, 0.25) is 0 Å². The van der Waals surface area contributed by atoms with Gasteiger partial charge in [-0.3, -0.25) is 4.90 Å². The highest BCUT2D eigenvalue weighted by Crippen LogP contribution is 2.14. The number of urea groups is 2. The standard InChI is InChI=1S/C21H33N5O2/c1-23(2)21(28)26-14-12-25(13-15-26)20(27)22-16-18-6-8-19(9-7-18)17-24-10-4-3-5-11-24/h6-9H,3-5,10-17H2,1-2H3,(H,22,27). The van der Waals surface area contributed by atoms with Crippen LogP contribution < -0.4 is 5.32 Å². The van der Waals surface area contributed by atoms with Crippen molar-refractivity contribution in [3.63, 3.8) is 0 Å². The molecule has 2 fully saturated rings. The molecular formula is C21H33N5O2. The average Bonchev–Trinajstić information content (AvgIpc) is 2.73. The normalized spacial score (nSPS) is 18.1. The maximum atomic E-state index is 12.4. The Labute approximate surface area is 168 Å². The number of likely N-dealkylation sites (tertiary alicyclic amines) is 1. The first-order chi connectivity index (χ1) is 13.5. The monoisotopic (exact) mass is 387 g/mol. The maximum Gasteiger partial charge on any atom is 0.319 e. The first-order valence-corrected chi connectivity index (χ1v) is 10.3. The topological polar surface area (TPSA) is 59.1 Å². The quantitative estimate of drug-likeness (QED) is 0.862. The molecule has 0 bridgehead atoms. The minimum atomic E-state index is -0.0608. The lowest BCUT2D eigenvalue weighted by Gasteiger charge is -2.35. The van der Waals surface area contributed by atoms with Gasteiger partial charge in [0.15, 0.2) is 0 Å². The summed E-state index contributed by atoms with van der Waals surface area (Å²) in [6, 6.07) is 8.49. The number of carbonyl (C=O) groups excluding carboxylic acids is 2. The van der Waals surface area contributed by atoms with Crippen LogP contribution in [-0.2, 0) is 13.1 Å². The van der Waals surface area contributed by atoms with E-state index in [0.717, 1.165) is 12.1 Å². The molecule has 2 aliphatic rings. The molecule has 7 nitrogen and oxygen atoms in total. The van der Waals surface area contributed by atoms with Crippen LogP contribution in [0.15, 0.2) is 24.3 Å². The Balaban J connectivity index is 1.40. The van der Waals surface area contributed by atoms with Gasteiger partial charge in [-0.1, -0.05) is 30.7 Å². The van der Waals surface area contributed by atoms with E-state index in [-0.39, 0.29) is 12.1 Å². The second-order valence-electron chi connectivity index (χ2n) is 7.96. The molecule has 154 valence electrons. The van der Waals surface area contributed by atoms with Gasteiger partial charge in [0.05, 0.1) is 0 Å². The van der Waals surface area contributed by atoms with Crippen molar-refractivity contribution in [3.05, 3.63) is 35.4 Å². The van der Waals surface area contributed by atoms with Gasteiger partial charge in [0, 0.05) is 53.4 Å². The predicted octanol–water partition coefficient (Wildman–Crippen LogP) is 2.18. The van der Waals surface area contributed by atoms with E-state index in [1.54, 1.807) is 28.8 Å². The number of piperidine rings is 1. The van der Waals surface area contributed by atoms with E-state index in [2.05, 4.69) is 34.5 Å². The third kappa shape index (κ3) is 5.61. The maximum absolute atomic E-state index is 12.4. The molecule has 1 N–H and O–H groups in total. The minimum Gasteiger partial charge on any atom is -0.334 e. The van der Waals surface area contributed by atoms with Crippen LogP contribution in [-0.4, -0.2) is 85.0 Å². The molecule has 0 aromatic heterocycles. The van der Waals surface area contributed by atoms with Crippen LogP contribution in [0.1, 0.15) is 30.4 Å². The molecule has 2 aliphatic heterocycles. The lowest BCUT2D eigenvalue weighted by molar-refractivity contribution is 0.128. The van der Waals surface area contributed by atoms with E-state index in [1.807, 2.05) is 0 Å². The van der Waals surface area contributed by atoms with Crippen molar-refractivity contribution < 1.29 is 9.59 Å². The van der Waals surface area contributed by atoms with Crippen molar-refractivity contribution in [2.75, 3.05) is 53.4 Å². The number of piperazine rings is 1. The SMILES string of the molecule is CN(C)C(=O)N1CCN(C(=O)NCc2ccc(CN3CCCCC3)cc2)CC1. The lowest BCUT2D eigenvalue weighted by Crippen LogP contribution is -2.54. The number of amides is 4. The van der Waals surface area contributed by atoms with Crippen LogP contribution >= 0.6 is 0 Å². The first kappa shape index (κ1) is 20.5. The molecule has 2 saturated heterocycles. The van der Waals surface area contributed by atoms with Crippen LogP contribution in [0.2, 0.25) is 0 Å². The van der Waals surface area contributed by atoms with Crippen LogP contribution in [0.4, 0.5) is 9.59 Å². The summed E-state index contributed by atoms with van der Waals surface area (Å²) >= 11 is 0. The van der Waals surface area contributed by atoms with Crippen LogP contribution in [0.5, 0.6) is 0 Å². The Morgan fingerprint density at radius 3 is 2.04 bits per heavy atom. The number of benzene rings is 1. The van der Waals surface area contributed by atoms with Crippen molar-refractivity contribution in [2.24, 2.45) is 0 Å². The number of carbonyl (C=O) groups is 2. The van der Waals surface area contributed by atoms with Gasteiger partial charge < -0.3 is 20.0 Å². The molecular weight excluding hydrogens is 354 g/mol. The van der Waals surface area contributed by atoms with Gasteiger partial charge in [0.1, 0.15) is 0 Å². The van der Waals surface area contributed by atoms with Crippen LogP contribution in [0.25, 0.3) is 0 Å². The molecule has 0 unspecified atom stereocenters. The van der Waals surface area contributed by atoms with Gasteiger partial charge in [-0.2, -0.15) is 0 Å². The van der Waals surface area contributed by atoms with Gasteiger partial charge in [-0.15, -0.1) is 0 Å². The summed E-state index contributed by atoms with van der Waals surface area (Å²) < 4.78 is 0. The summed E-state index contributed by atoms with van der Waals surface area (Å²) in [4.78, 5) is 32.0. The summed E-state index contributed by atoms with van der Waals surface area (Å²) in [5, 5.41) is 3.00. The van der Waals surface area contributed by atoms with Gasteiger partial charge in [-0.25, -0.2) is 9.59 Å². The van der Waals surface area contributed by atoms with E-state index >= 15 is 0 Å². The summed E-state index contributed by atoms with van der Waals surface area (Å²) in [6.45, 7) is 6.24. The number of hydrogen-bond acceptors (Lipinski definition) is 3. The smallest absolute Gasteiger partial charge is 0.319 e. The lowest BCUT2D eigenvalue weighted by atomic mass is 10.1. The highest BCUT2D eigenvalue weighted by Gasteiger charge is 2.24. The highest BCUT2D eigenvalue weighted by molar-refractivity contribution is 5.76. The summed E-state index contributed by atoms with van der Waals surface area (Å²) in [5.74, 6) is 0. The molecule has 0 radical (unpaired) electrons. The number of nitrogens with zero attached hydrogens (tertiary/aromatic N) is 4. The van der Waals surface area contributed by atoms with Crippen molar-refractivity contribution >= 4 is 12.1 Å². The van der Waals surface area contributed by atoms with E-state index in [1.165, 1.54) is 37.9 Å². The van der Waals surface area contributed by atoms with Crippen molar-refractivity contribution in [3.8, 4) is 0 Å². The average molecular weight is 388 g/mol. The highest BCUT2D eigenvalue weighted by atomic mass is 16.2. The zero-order valence-electron chi connectivity index (χ0n) is 17.2. The van der Waals surface area contributed by atoms with Crippen LogP contribution in [0, 0.1) is 0 Å². The molecule has 0 spiro atoms. The Hall–Kier alpha value is -2.28. The van der Waals surface area contributed by atoms with Crippen molar-refractivity contribution in [1.82, 2.24) is 24.9 Å². The minimum absolute atomic E-state index is 0.00435. The Morgan fingerprint density at radius 2 is 1.43 bits per heavy atom.